The van der Waals surface area contributed by atoms with Gasteiger partial charge >= 0.3 is 5.97 Å². The van der Waals surface area contributed by atoms with Crippen molar-refractivity contribution >= 4 is 5.97 Å². The molecule has 106 valence electrons. The summed E-state index contributed by atoms with van der Waals surface area (Å²) in [5, 5.41) is 3.24. The van der Waals surface area contributed by atoms with Crippen LogP contribution in [0.5, 0.6) is 0 Å². The topological polar surface area (TPSA) is 56.8 Å². The molecule has 5 heteroatoms. The van der Waals surface area contributed by atoms with Crippen LogP contribution in [0.4, 0.5) is 0 Å². The summed E-state index contributed by atoms with van der Waals surface area (Å²) in [6.45, 7) is 0.270. The second kappa shape index (κ2) is 6.65. The van der Waals surface area contributed by atoms with Crippen LogP contribution in [-0.2, 0) is 19.0 Å². The Morgan fingerprint density at radius 2 is 2.00 bits per heavy atom. The number of rotatable bonds is 4. The number of allylic oxidation sites excluding steroid dienone is 1. The van der Waals surface area contributed by atoms with Crippen LogP contribution in [-0.4, -0.2) is 26.8 Å². The fourth-order valence-electron chi connectivity index (χ4n) is 1.90. The van der Waals surface area contributed by atoms with Gasteiger partial charge < -0.3 is 19.5 Å². The molecule has 1 heterocycles. The largest absolute Gasteiger partial charge is 0.469 e. The van der Waals surface area contributed by atoms with Crippen LogP contribution >= 0.6 is 0 Å². The van der Waals surface area contributed by atoms with E-state index in [1.807, 2.05) is 30.3 Å². The Balaban J connectivity index is 2.23. The molecule has 1 N–H and O–H groups in total. The third-order valence-corrected chi connectivity index (χ3v) is 2.88. The number of methoxy groups -OCH3 is 2. The Morgan fingerprint density at radius 3 is 2.65 bits per heavy atom. The van der Waals surface area contributed by atoms with Gasteiger partial charge in [-0.25, -0.2) is 4.79 Å². The van der Waals surface area contributed by atoms with Crippen LogP contribution < -0.4 is 5.32 Å². The second-order valence-electron chi connectivity index (χ2n) is 4.21. The normalized spacial score (nSPS) is 18.0. The van der Waals surface area contributed by atoms with E-state index >= 15 is 0 Å². The van der Waals surface area contributed by atoms with Gasteiger partial charge in [-0.1, -0.05) is 30.3 Å². The maximum Gasteiger partial charge on any atom is 0.332 e. The second-order valence-corrected chi connectivity index (χ2v) is 4.21. The van der Waals surface area contributed by atoms with E-state index in [0.29, 0.717) is 11.6 Å². The highest BCUT2D eigenvalue weighted by Crippen LogP contribution is 2.18. The van der Waals surface area contributed by atoms with Crippen LogP contribution in [0.15, 0.2) is 54.1 Å². The van der Waals surface area contributed by atoms with Crippen molar-refractivity contribution in [2.45, 2.75) is 6.04 Å². The molecule has 1 aliphatic rings. The first-order valence-electron chi connectivity index (χ1n) is 6.22. The van der Waals surface area contributed by atoms with Crippen molar-refractivity contribution in [3.05, 3.63) is 59.7 Å². The Morgan fingerprint density at radius 1 is 1.30 bits per heavy atom. The summed E-state index contributed by atoms with van der Waals surface area (Å²) in [6, 6.07) is 9.67. The lowest BCUT2D eigenvalue weighted by Gasteiger charge is -2.18. The smallest absolute Gasteiger partial charge is 0.332 e. The summed E-state index contributed by atoms with van der Waals surface area (Å²) in [6.07, 6.45) is 2.99. The first kappa shape index (κ1) is 14.0. The average Bonchev–Trinajstić information content (AvgIpc) is 2.67. The number of hydrogen-bond acceptors (Lipinski definition) is 5. The van der Waals surface area contributed by atoms with Crippen molar-refractivity contribution in [2.24, 2.45) is 0 Å². The summed E-state index contributed by atoms with van der Waals surface area (Å²) in [7, 11) is 3.00. The maximum atomic E-state index is 11.6. The Hall–Kier alpha value is -2.43. The maximum absolute atomic E-state index is 11.6. The molecule has 0 saturated carbocycles. The van der Waals surface area contributed by atoms with Crippen LogP contribution in [0.1, 0.15) is 11.6 Å². The van der Waals surface area contributed by atoms with Gasteiger partial charge in [0.15, 0.2) is 0 Å². The van der Waals surface area contributed by atoms with Gasteiger partial charge in [-0.05, 0) is 5.56 Å². The third-order valence-electron chi connectivity index (χ3n) is 2.88. The fourth-order valence-corrected chi connectivity index (χ4v) is 1.90. The highest BCUT2D eigenvalue weighted by atomic mass is 16.7. The van der Waals surface area contributed by atoms with Crippen LogP contribution in [0, 0.1) is 0 Å². The molecule has 0 saturated heterocycles. The number of hydrogen-bond donors (Lipinski definition) is 1. The zero-order valence-corrected chi connectivity index (χ0v) is 11.5. The molecule has 1 aliphatic heterocycles. The van der Waals surface area contributed by atoms with Crippen molar-refractivity contribution in [3.8, 4) is 0 Å². The van der Waals surface area contributed by atoms with Crippen LogP contribution in [0.25, 0.3) is 0 Å². The molecule has 0 fully saturated rings. The van der Waals surface area contributed by atoms with Gasteiger partial charge in [0.05, 0.1) is 20.3 Å². The van der Waals surface area contributed by atoms with Gasteiger partial charge in [-0.3, -0.25) is 0 Å². The molecule has 0 aromatic heterocycles. The summed E-state index contributed by atoms with van der Waals surface area (Å²) in [5.74, 6) is -0.0843. The molecule has 0 spiro atoms. The molecule has 1 atom stereocenters. The molecule has 0 amide bonds. The summed E-state index contributed by atoms with van der Waals surface area (Å²) < 4.78 is 15.2. The minimum atomic E-state index is -0.395. The number of esters is 1. The Kier molecular flexibility index (Phi) is 4.65. The van der Waals surface area contributed by atoms with Crippen LogP contribution in [0.2, 0.25) is 0 Å². The number of ether oxygens (including phenoxy) is 3. The number of carbonyl (C=O) groups is 1. The molecule has 5 nitrogen and oxygen atoms in total. The predicted molar refractivity (Wildman–Crippen MR) is 73.5 cm³/mol. The van der Waals surface area contributed by atoms with E-state index in [-0.39, 0.29) is 12.6 Å². The van der Waals surface area contributed by atoms with Gasteiger partial charge in [-0.2, -0.15) is 0 Å². The molecule has 20 heavy (non-hydrogen) atoms. The van der Waals surface area contributed by atoms with Gasteiger partial charge in [0.25, 0.3) is 5.95 Å². The first-order chi connectivity index (χ1) is 9.72. The molecule has 0 unspecified atom stereocenters. The van der Waals surface area contributed by atoms with E-state index in [9.17, 15) is 4.79 Å². The van der Waals surface area contributed by atoms with Gasteiger partial charge in [0.1, 0.15) is 6.61 Å². The lowest BCUT2D eigenvalue weighted by molar-refractivity contribution is -0.138. The van der Waals surface area contributed by atoms with Crippen molar-refractivity contribution in [3.63, 3.8) is 0 Å². The monoisotopic (exact) mass is 275 g/mol. The van der Waals surface area contributed by atoms with Gasteiger partial charge in [0.2, 0.25) is 0 Å². The number of carbonyl (C=O) groups excluding carboxylic acids is 1. The molecular formula is C15H17NO4. The summed E-state index contributed by atoms with van der Waals surface area (Å²) in [5.41, 5.74) is 1.62. The molecule has 1 aromatic rings. The highest BCUT2D eigenvalue weighted by Gasteiger charge is 2.18. The fraction of sp³-hybridized carbons (Fsp3) is 0.267. The zero-order chi connectivity index (χ0) is 14.4. The van der Waals surface area contributed by atoms with Crippen molar-refractivity contribution in [2.75, 3.05) is 20.8 Å². The lowest BCUT2D eigenvalue weighted by atomic mass is 10.1. The van der Waals surface area contributed by atoms with Crippen molar-refractivity contribution < 1.29 is 19.0 Å². The average molecular weight is 275 g/mol. The zero-order valence-electron chi connectivity index (χ0n) is 11.5. The first-order valence-corrected chi connectivity index (χ1v) is 6.22. The minimum Gasteiger partial charge on any atom is -0.469 e. The van der Waals surface area contributed by atoms with E-state index in [2.05, 4.69) is 5.32 Å². The molecule has 0 bridgehead atoms. The summed E-state index contributed by atoms with van der Waals surface area (Å²) >= 11 is 0. The number of cyclic esters (lactones) is 1. The molecule has 1 aromatic carbocycles. The van der Waals surface area contributed by atoms with Crippen LogP contribution in [0.3, 0.4) is 0 Å². The van der Waals surface area contributed by atoms with E-state index in [0.717, 1.165) is 5.56 Å². The van der Waals surface area contributed by atoms with E-state index < -0.39 is 5.97 Å². The molecule has 0 radical (unpaired) electrons. The summed E-state index contributed by atoms with van der Waals surface area (Å²) in [4.78, 5) is 11.6. The van der Waals surface area contributed by atoms with E-state index in [1.54, 1.807) is 6.08 Å². The Bertz CT molecular complexity index is 516. The number of nitrogens with one attached hydrogen (secondary N) is 1. The van der Waals surface area contributed by atoms with Gasteiger partial charge in [0, 0.05) is 17.8 Å². The number of benzene rings is 1. The van der Waals surface area contributed by atoms with E-state index in [4.69, 9.17) is 14.2 Å². The quantitative estimate of drug-likeness (QED) is 0.672. The van der Waals surface area contributed by atoms with Crippen molar-refractivity contribution in [1.82, 2.24) is 5.32 Å². The third kappa shape index (κ3) is 3.54. The van der Waals surface area contributed by atoms with Crippen molar-refractivity contribution in [1.29, 1.82) is 0 Å². The molecule has 0 aliphatic carbocycles. The highest BCUT2D eigenvalue weighted by molar-refractivity contribution is 5.83. The minimum absolute atomic E-state index is 0.111. The van der Waals surface area contributed by atoms with E-state index in [1.165, 1.54) is 20.3 Å². The van der Waals surface area contributed by atoms with Gasteiger partial charge in [-0.15, -0.1) is 0 Å². The molecule has 2 rings (SSSR count). The molecular weight excluding hydrogens is 258 g/mol. The lowest BCUT2D eigenvalue weighted by Crippen LogP contribution is -2.22. The standard InChI is InChI=1S/C15H17NO4/c1-18-15(19-2)9-12-8-14(17)20-10-13(16-12)11-6-4-3-5-7-11/h3-9,13,16H,10H2,1-2H3/t13-/m0/s1. The predicted octanol–water partition coefficient (Wildman–Crippen LogP) is 1.89. The SMILES string of the molecule is COC(=CC1=CC(=O)OC[C@@H](c2ccccc2)N1)OC. The Labute approximate surface area is 117 Å².